The Labute approximate surface area is 168 Å². The standard InChI is InChI=1S/C23H18ClNO3/c1-14(2)15-7-9-16(10-8-15)22-25-20(23(26)28-22)13-17-11-12-21(27-17)18-5-3-4-6-19(18)24/h3-14H,1-2H3/b20-13-. The van der Waals surface area contributed by atoms with Crippen LogP contribution in [0, 0.1) is 0 Å². The Hall–Kier alpha value is -3.11. The van der Waals surface area contributed by atoms with Crippen molar-refractivity contribution in [2.45, 2.75) is 19.8 Å². The van der Waals surface area contributed by atoms with Crippen molar-refractivity contribution in [2.24, 2.45) is 4.99 Å². The molecule has 0 atom stereocenters. The van der Waals surface area contributed by atoms with Crippen LogP contribution in [-0.4, -0.2) is 11.9 Å². The van der Waals surface area contributed by atoms with Crippen LogP contribution in [0.5, 0.6) is 0 Å². The number of carbonyl (C=O) groups excluding carboxylic acids is 1. The fourth-order valence-corrected chi connectivity index (χ4v) is 3.14. The number of rotatable bonds is 4. The number of hydrogen-bond acceptors (Lipinski definition) is 4. The minimum absolute atomic E-state index is 0.197. The number of halogens is 1. The summed E-state index contributed by atoms with van der Waals surface area (Å²) in [6, 6.07) is 18.8. The van der Waals surface area contributed by atoms with Crippen LogP contribution < -0.4 is 0 Å². The predicted octanol–water partition coefficient (Wildman–Crippen LogP) is 6.07. The molecule has 0 bridgehead atoms. The summed E-state index contributed by atoms with van der Waals surface area (Å²) in [7, 11) is 0. The van der Waals surface area contributed by atoms with Gasteiger partial charge in [0.1, 0.15) is 11.5 Å². The average Bonchev–Trinajstić information content (AvgIpc) is 3.30. The Balaban J connectivity index is 1.60. The van der Waals surface area contributed by atoms with Crippen LogP contribution >= 0.6 is 11.6 Å². The maximum Gasteiger partial charge on any atom is 0.363 e. The molecule has 0 N–H and O–H groups in total. The zero-order chi connectivity index (χ0) is 19.7. The van der Waals surface area contributed by atoms with Gasteiger partial charge in [-0.25, -0.2) is 9.79 Å². The van der Waals surface area contributed by atoms with Gasteiger partial charge in [-0.15, -0.1) is 0 Å². The van der Waals surface area contributed by atoms with Crippen molar-refractivity contribution in [1.82, 2.24) is 0 Å². The largest absolute Gasteiger partial charge is 0.457 e. The number of carbonyl (C=O) groups is 1. The summed E-state index contributed by atoms with van der Waals surface area (Å²) < 4.78 is 11.1. The van der Waals surface area contributed by atoms with Crippen molar-refractivity contribution in [2.75, 3.05) is 0 Å². The molecule has 2 heterocycles. The lowest BCUT2D eigenvalue weighted by Crippen LogP contribution is -2.05. The highest BCUT2D eigenvalue weighted by Crippen LogP contribution is 2.30. The summed E-state index contributed by atoms with van der Waals surface area (Å²) in [6.45, 7) is 4.26. The molecular formula is C23H18ClNO3. The van der Waals surface area contributed by atoms with E-state index in [-0.39, 0.29) is 5.70 Å². The number of benzene rings is 2. The van der Waals surface area contributed by atoms with Gasteiger partial charge in [0.15, 0.2) is 5.70 Å². The summed E-state index contributed by atoms with van der Waals surface area (Å²) >= 11 is 6.21. The second kappa shape index (κ2) is 7.49. The van der Waals surface area contributed by atoms with Crippen molar-refractivity contribution >= 4 is 29.5 Å². The van der Waals surface area contributed by atoms with Gasteiger partial charge in [-0.1, -0.05) is 49.7 Å². The molecule has 1 aliphatic rings. The van der Waals surface area contributed by atoms with Crippen LogP contribution in [0.25, 0.3) is 17.4 Å². The van der Waals surface area contributed by atoms with Crippen LogP contribution in [-0.2, 0) is 9.53 Å². The van der Waals surface area contributed by atoms with E-state index in [9.17, 15) is 4.79 Å². The minimum Gasteiger partial charge on any atom is -0.457 e. The molecule has 0 aliphatic carbocycles. The molecule has 4 rings (SSSR count). The van der Waals surface area contributed by atoms with Gasteiger partial charge >= 0.3 is 5.97 Å². The third-order valence-electron chi connectivity index (χ3n) is 4.49. The number of aliphatic imine (C=N–C) groups is 1. The first-order chi connectivity index (χ1) is 13.5. The molecule has 28 heavy (non-hydrogen) atoms. The van der Waals surface area contributed by atoms with Gasteiger partial charge in [0, 0.05) is 17.2 Å². The molecule has 0 saturated heterocycles. The second-order valence-electron chi connectivity index (χ2n) is 6.79. The third kappa shape index (κ3) is 3.64. The average molecular weight is 392 g/mol. The topological polar surface area (TPSA) is 51.8 Å². The first-order valence-electron chi connectivity index (χ1n) is 8.99. The number of furan rings is 1. The van der Waals surface area contributed by atoms with Gasteiger partial charge in [-0.05, 0) is 47.9 Å². The molecule has 4 nitrogen and oxygen atoms in total. The van der Waals surface area contributed by atoms with Crippen LogP contribution in [0.2, 0.25) is 5.02 Å². The predicted molar refractivity (Wildman–Crippen MR) is 110 cm³/mol. The van der Waals surface area contributed by atoms with Crippen LogP contribution in [0.1, 0.15) is 36.7 Å². The summed E-state index contributed by atoms with van der Waals surface area (Å²) in [4.78, 5) is 16.5. The lowest BCUT2D eigenvalue weighted by molar-refractivity contribution is -0.129. The molecule has 0 unspecified atom stereocenters. The van der Waals surface area contributed by atoms with E-state index in [1.165, 1.54) is 5.56 Å². The van der Waals surface area contributed by atoms with Crippen molar-refractivity contribution in [3.05, 3.63) is 88.3 Å². The molecule has 1 aromatic heterocycles. The Morgan fingerprint density at radius 1 is 1.00 bits per heavy atom. The Morgan fingerprint density at radius 2 is 1.75 bits per heavy atom. The van der Waals surface area contributed by atoms with E-state index in [4.69, 9.17) is 20.8 Å². The SMILES string of the molecule is CC(C)c1ccc(C2=N/C(=C\c3ccc(-c4ccccc4Cl)o3)C(=O)O2)cc1. The molecule has 0 saturated carbocycles. The lowest BCUT2D eigenvalue weighted by Gasteiger charge is -2.05. The Kier molecular flexibility index (Phi) is 4.88. The van der Waals surface area contributed by atoms with E-state index < -0.39 is 5.97 Å². The summed E-state index contributed by atoms with van der Waals surface area (Å²) in [6.07, 6.45) is 1.57. The van der Waals surface area contributed by atoms with Crippen molar-refractivity contribution < 1.29 is 13.9 Å². The van der Waals surface area contributed by atoms with Gasteiger partial charge in [0.2, 0.25) is 5.90 Å². The maximum absolute atomic E-state index is 12.2. The highest BCUT2D eigenvalue weighted by atomic mass is 35.5. The number of cyclic esters (lactones) is 1. The molecule has 3 aromatic rings. The van der Waals surface area contributed by atoms with E-state index in [0.29, 0.717) is 28.4 Å². The van der Waals surface area contributed by atoms with Gasteiger partial charge in [0.05, 0.1) is 5.02 Å². The molecular weight excluding hydrogens is 374 g/mol. The highest BCUT2D eigenvalue weighted by Gasteiger charge is 2.24. The quantitative estimate of drug-likeness (QED) is 0.400. The molecule has 5 heteroatoms. The number of hydrogen-bond donors (Lipinski definition) is 0. The van der Waals surface area contributed by atoms with E-state index in [0.717, 1.165) is 11.1 Å². The Bertz CT molecular complexity index is 1090. The lowest BCUT2D eigenvalue weighted by atomic mass is 10.0. The summed E-state index contributed by atoms with van der Waals surface area (Å²) in [5.41, 5.74) is 2.96. The molecule has 2 aromatic carbocycles. The van der Waals surface area contributed by atoms with Crippen molar-refractivity contribution in [3.63, 3.8) is 0 Å². The van der Waals surface area contributed by atoms with Gasteiger partial charge in [-0.2, -0.15) is 0 Å². The molecule has 0 spiro atoms. The third-order valence-corrected chi connectivity index (χ3v) is 4.82. The highest BCUT2D eigenvalue weighted by molar-refractivity contribution is 6.33. The van der Waals surface area contributed by atoms with E-state index in [1.54, 1.807) is 18.2 Å². The fraction of sp³-hybridized carbons (Fsp3) is 0.130. The smallest absolute Gasteiger partial charge is 0.363 e. The van der Waals surface area contributed by atoms with Gasteiger partial charge in [0.25, 0.3) is 0 Å². The molecule has 1 aliphatic heterocycles. The number of ether oxygens (including phenoxy) is 1. The van der Waals surface area contributed by atoms with Crippen molar-refractivity contribution in [3.8, 4) is 11.3 Å². The van der Waals surface area contributed by atoms with Crippen LogP contribution in [0.4, 0.5) is 0 Å². The van der Waals surface area contributed by atoms with Crippen LogP contribution in [0.3, 0.4) is 0 Å². The van der Waals surface area contributed by atoms with Gasteiger partial charge in [-0.3, -0.25) is 0 Å². The maximum atomic E-state index is 12.2. The molecule has 0 fully saturated rings. The van der Waals surface area contributed by atoms with Gasteiger partial charge < -0.3 is 9.15 Å². The summed E-state index contributed by atoms with van der Waals surface area (Å²) in [5.74, 6) is 1.35. The number of nitrogens with zero attached hydrogens (tertiary/aromatic N) is 1. The minimum atomic E-state index is -0.501. The molecule has 140 valence electrons. The van der Waals surface area contributed by atoms with E-state index >= 15 is 0 Å². The normalized spacial score (nSPS) is 15.2. The van der Waals surface area contributed by atoms with E-state index in [1.807, 2.05) is 48.5 Å². The first-order valence-corrected chi connectivity index (χ1v) is 9.36. The second-order valence-corrected chi connectivity index (χ2v) is 7.20. The van der Waals surface area contributed by atoms with E-state index in [2.05, 4.69) is 18.8 Å². The fourth-order valence-electron chi connectivity index (χ4n) is 2.91. The van der Waals surface area contributed by atoms with Crippen LogP contribution in [0.15, 0.2) is 75.8 Å². The Morgan fingerprint density at radius 3 is 2.46 bits per heavy atom. The number of esters is 1. The first kappa shape index (κ1) is 18.3. The molecule has 0 radical (unpaired) electrons. The monoisotopic (exact) mass is 391 g/mol. The zero-order valence-electron chi connectivity index (χ0n) is 15.5. The molecule has 0 amide bonds. The van der Waals surface area contributed by atoms with Crippen molar-refractivity contribution in [1.29, 1.82) is 0 Å². The summed E-state index contributed by atoms with van der Waals surface area (Å²) in [5, 5.41) is 0.599. The zero-order valence-corrected chi connectivity index (χ0v) is 16.2.